The Morgan fingerprint density at radius 2 is 2.00 bits per heavy atom. The third-order valence-electron chi connectivity index (χ3n) is 3.56. The number of aryl methyl sites for hydroxylation is 1. The van der Waals surface area contributed by atoms with E-state index in [0.29, 0.717) is 17.1 Å². The Labute approximate surface area is 152 Å². The molecule has 0 aliphatic heterocycles. The van der Waals surface area contributed by atoms with Crippen LogP contribution in [0.1, 0.15) is 16.1 Å². The zero-order valence-corrected chi connectivity index (χ0v) is 15.2. The lowest BCUT2D eigenvalue weighted by Gasteiger charge is -2.07. The minimum absolute atomic E-state index is 0.229. The van der Waals surface area contributed by atoms with Gasteiger partial charge in [-0.05, 0) is 36.4 Å². The standard InChI is InChI=1S/C17H14BrClN4O/c1-23-13(9-16(22-23)11-4-6-20-7-5-11)10-21-17(24)14-8-12(18)2-3-15(14)19/h2-9H,10H2,1H3,(H,21,24). The first-order chi connectivity index (χ1) is 11.5. The molecule has 0 radical (unpaired) electrons. The van der Waals surface area contributed by atoms with E-state index in [1.807, 2.05) is 25.2 Å². The van der Waals surface area contributed by atoms with Crippen molar-refractivity contribution in [3.63, 3.8) is 0 Å². The Balaban J connectivity index is 1.74. The van der Waals surface area contributed by atoms with E-state index in [2.05, 4.69) is 31.3 Å². The van der Waals surface area contributed by atoms with E-state index in [1.165, 1.54) is 0 Å². The van der Waals surface area contributed by atoms with E-state index < -0.39 is 0 Å². The van der Waals surface area contributed by atoms with Crippen LogP contribution in [-0.2, 0) is 13.6 Å². The van der Waals surface area contributed by atoms with Gasteiger partial charge in [-0.1, -0.05) is 27.5 Å². The van der Waals surface area contributed by atoms with Gasteiger partial charge in [0.05, 0.1) is 28.5 Å². The number of nitrogens with one attached hydrogen (secondary N) is 1. The highest BCUT2D eigenvalue weighted by Crippen LogP contribution is 2.21. The zero-order chi connectivity index (χ0) is 17.1. The second-order valence-electron chi connectivity index (χ2n) is 5.19. The lowest BCUT2D eigenvalue weighted by molar-refractivity contribution is 0.0950. The van der Waals surface area contributed by atoms with Crippen LogP contribution in [0.3, 0.4) is 0 Å². The highest BCUT2D eigenvalue weighted by molar-refractivity contribution is 9.10. The van der Waals surface area contributed by atoms with E-state index in [-0.39, 0.29) is 5.91 Å². The van der Waals surface area contributed by atoms with Crippen molar-refractivity contribution in [3.8, 4) is 11.3 Å². The van der Waals surface area contributed by atoms with Crippen LogP contribution in [0.2, 0.25) is 5.02 Å². The summed E-state index contributed by atoms with van der Waals surface area (Å²) >= 11 is 9.43. The summed E-state index contributed by atoms with van der Waals surface area (Å²) in [5.74, 6) is -0.229. The molecule has 0 atom stereocenters. The van der Waals surface area contributed by atoms with Crippen LogP contribution in [0.5, 0.6) is 0 Å². The molecule has 1 N–H and O–H groups in total. The molecule has 0 unspecified atom stereocenters. The lowest BCUT2D eigenvalue weighted by Crippen LogP contribution is -2.24. The highest BCUT2D eigenvalue weighted by Gasteiger charge is 2.13. The van der Waals surface area contributed by atoms with Gasteiger partial charge in [0.25, 0.3) is 5.91 Å². The molecule has 3 rings (SSSR count). The van der Waals surface area contributed by atoms with Gasteiger partial charge in [-0.2, -0.15) is 5.10 Å². The number of rotatable bonds is 4. The molecule has 24 heavy (non-hydrogen) atoms. The van der Waals surface area contributed by atoms with Crippen molar-refractivity contribution in [1.29, 1.82) is 0 Å². The molecular weight excluding hydrogens is 392 g/mol. The number of benzene rings is 1. The third-order valence-corrected chi connectivity index (χ3v) is 4.38. The number of aromatic nitrogens is 3. The molecule has 2 aromatic heterocycles. The van der Waals surface area contributed by atoms with Crippen molar-refractivity contribution in [2.45, 2.75) is 6.54 Å². The molecule has 5 nitrogen and oxygen atoms in total. The summed E-state index contributed by atoms with van der Waals surface area (Å²) in [6, 6.07) is 10.9. The van der Waals surface area contributed by atoms with Gasteiger partial charge >= 0.3 is 0 Å². The number of carbonyl (C=O) groups is 1. The summed E-state index contributed by atoms with van der Waals surface area (Å²) in [5.41, 5.74) is 3.14. The molecule has 2 heterocycles. The Hall–Kier alpha value is -2.18. The smallest absolute Gasteiger partial charge is 0.253 e. The molecule has 122 valence electrons. The Kier molecular flexibility index (Phi) is 4.97. The summed E-state index contributed by atoms with van der Waals surface area (Å²) in [6.07, 6.45) is 3.45. The van der Waals surface area contributed by atoms with Crippen LogP contribution in [-0.4, -0.2) is 20.7 Å². The van der Waals surface area contributed by atoms with E-state index in [4.69, 9.17) is 11.6 Å². The van der Waals surface area contributed by atoms with Crippen molar-refractivity contribution in [2.24, 2.45) is 7.05 Å². The molecule has 0 saturated heterocycles. The van der Waals surface area contributed by atoms with Crippen LogP contribution in [0.4, 0.5) is 0 Å². The van der Waals surface area contributed by atoms with Gasteiger partial charge in [0.15, 0.2) is 0 Å². The van der Waals surface area contributed by atoms with Crippen LogP contribution in [0.15, 0.2) is 53.3 Å². The maximum absolute atomic E-state index is 12.3. The van der Waals surface area contributed by atoms with Gasteiger partial charge in [-0.15, -0.1) is 0 Å². The molecule has 7 heteroatoms. The molecule has 1 aromatic carbocycles. The van der Waals surface area contributed by atoms with Gasteiger partial charge in [0.2, 0.25) is 0 Å². The SMILES string of the molecule is Cn1nc(-c2ccncc2)cc1CNC(=O)c1cc(Br)ccc1Cl. The number of halogens is 2. The summed E-state index contributed by atoms with van der Waals surface area (Å²) in [6.45, 7) is 0.357. The lowest BCUT2D eigenvalue weighted by atomic mass is 10.2. The first kappa shape index (κ1) is 16.7. The highest BCUT2D eigenvalue weighted by atomic mass is 79.9. The largest absolute Gasteiger partial charge is 0.346 e. The maximum atomic E-state index is 12.3. The second-order valence-corrected chi connectivity index (χ2v) is 6.51. The number of amides is 1. The van der Waals surface area contributed by atoms with Crippen LogP contribution in [0, 0.1) is 0 Å². The normalized spacial score (nSPS) is 10.6. The number of carbonyl (C=O) groups excluding carboxylic acids is 1. The quantitative estimate of drug-likeness (QED) is 0.717. The van der Waals surface area contributed by atoms with Crippen LogP contribution in [0.25, 0.3) is 11.3 Å². The topological polar surface area (TPSA) is 59.8 Å². The fourth-order valence-corrected chi connectivity index (χ4v) is 2.84. The van der Waals surface area contributed by atoms with E-state index >= 15 is 0 Å². The van der Waals surface area contributed by atoms with Crippen molar-refractivity contribution in [1.82, 2.24) is 20.1 Å². The molecule has 3 aromatic rings. The van der Waals surface area contributed by atoms with E-state index in [0.717, 1.165) is 21.4 Å². The second kappa shape index (κ2) is 7.15. The molecule has 0 bridgehead atoms. The predicted molar refractivity (Wildman–Crippen MR) is 96.8 cm³/mol. The number of hydrogen-bond acceptors (Lipinski definition) is 3. The Bertz CT molecular complexity index is 880. The average Bonchev–Trinajstić information content (AvgIpc) is 2.96. The van der Waals surface area contributed by atoms with Gasteiger partial charge in [-0.3, -0.25) is 14.5 Å². The fourth-order valence-electron chi connectivity index (χ4n) is 2.27. The number of hydrogen-bond donors (Lipinski definition) is 1. The molecule has 0 aliphatic carbocycles. The summed E-state index contributed by atoms with van der Waals surface area (Å²) in [4.78, 5) is 16.3. The van der Waals surface area contributed by atoms with Crippen LogP contribution < -0.4 is 5.32 Å². The predicted octanol–water partition coefficient (Wildman–Crippen LogP) is 3.83. The van der Waals surface area contributed by atoms with Gasteiger partial charge in [0.1, 0.15) is 0 Å². The molecular formula is C17H14BrClN4O. The zero-order valence-electron chi connectivity index (χ0n) is 12.8. The maximum Gasteiger partial charge on any atom is 0.253 e. The minimum Gasteiger partial charge on any atom is -0.346 e. The van der Waals surface area contributed by atoms with Crippen molar-refractivity contribution in [3.05, 3.63) is 69.5 Å². The number of nitrogens with zero attached hydrogens (tertiary/aromatic N) is 3. The van der Waals surface area contributed by atoms with Crippen molar-refractivity contribution in [2.75, 3.05) is 0 Å². The summed E-state index contributed by atoms with van der Waals surface area (Å²) in [7, 11) is 1.85. The van der Waals surface area contributed by atoms with Crippen molar-refractivity contribution < 1.29 is 4.79 Å². The first-order valence-corrected chi connectivity index (χ1v) is 8.38. The average molecular weight is 406 g/mol. The first-order valence-electron chi connectivity index (χ1n) is 7.21. The van der Waals surface area contributed by atoms with Gasteiger partial charge in [-0.25, -0.2) is 0 Å². The van der Waals surface area contributed by atoms with Crippen LogP contribution >= 0.6 is 27.5 Å². The van der Waals surface area contributed by atoms with E-state index in [9.17, 15) is 4.79 Å². The van der Waals surface area contributed by atoms with Gasteiger partial charge < -0.3 is 5.32 Å². The summed E-state index contributed by atoms with van der Waals surface area (Å²) in [5, 5.41) is 7.75. The molecule has 0 aliphatic rings. The van der Waals surface area contributed by atoms with Crippen molar-refractivity contribution >= 4 is 33.4 Å². The molecule has 1 amide bonds. The monoisotopic (exact) mass is 404 g/mol. The third kappa shape index (κ3) is 3.66. The molecule has 0 fully saturated rings. The van der Waals surface area contributed by atoms with E-state index in [1.54, 1.807) is 35.3 Å². The molecule has 0 saturated carbocycles. The van der Waals surface area contributed by atoms with Gasteiger partial charge in [0, 0.05) is 29.5 Å². The minimum atomic E-state index is -0.229. The Morgan fingerprint density at radius 1 is 1.25 bits per heavy atom. The number of pyridine rings is 1. The fraction of sp³-hybridized carbons (Fsp3) is 0.118. The molecule has 0 spiro atoms. The summed E-state index contributed by atoms with van der Waals surface area (Å²) < 4.78 is 2.55. The Morgan fingerprint density at radius 3 is 2.75 bits per heavy atom.